The van der Waals surface area contributed by atoms with Gasteiger partial charge in [-0.1, -0.05) is 133 Å². The van der Waals surface area contributed by atoms with E-state index in [1.165, 1.54) is 0 Å². The summed E-state index contributed by atoms with van der Waals surface area (Å²) in [4.78, 5) is 28.7. The van der Waals surface area contributed by atoms with Crippen molar-refractivity contribution in [2.45, 2.75) is 6.54 Å². The van der Waals surface area contributed by atoms with Crippen LogP contribution in [0.2, 0.25) is 0 Å². The highest BCUT2D eigenvalue weighted by Crippen LogP contribution is 2.67. The molecule has 224 valence electrons. The molecule has 0 spiro atoms. The first-order valence-corrected chi connectivity index (χ1v) is 17.0. The molecule has 6 aromatic rings. The minimum absolute atomic E-state index is 0.223. The van der Waals surface area contributed by atoms with Crippen molar-refractivity contribution in [1.82, 2.24) is 10.6 Å². The van der Waals surface area contributed by atoms with Crippen LogP contribution in [-0.2, 0) is 11.3 Å². The van der Waals surface area contributed by atoms with E-state index in [0.717, 1.165) is 32.4 Å². The Kier molecular flexibility index (Phi) is 9.58. The zero-order chi connectivity index (χ0) is 31.6. The van der Waals surface area contributed by atoms with E-state index in [4.69, 9.17) is 0 Å². The van der Waals surface area contributed by atoms with Gasteiger partial charge >= 0.3 is 0 Å². The lowest BCUT2D eigenvalue weighted by Gasteiger charge is -2.31. The van der Waals surface area contributed by atoms with Crippen LogP contribution in [0.4, 0.5) is 0 Å². The van der Waals surface area contributed by atoms with Gasteiger partial charge in [-0.25, -0.2) is 0 Å². The molecule has 0 aliphatic heterocycles. The number of benzene rings is 6. The third-order valence-electron chi connectivity index (χ3n) is 7.85. The molecule has 0 saturated heterocycles. The molecule has 46 heavy (non-hydrogen) atoms. The smallest absolute Gasteiger partial charge is 0.272 e. The van der Waals surface area contributed by atoms with Crippen LogP contribution in [0.1, 0.15) is 21.5 Å². The molecule has 6 rings (SSSR count). The Morgan fingerprint density at radius 2 is 0.826 bits per heavy atom. The monoisotopic (exact) mass is 617 g/mol. The summed E-state index contributed by atoms with van der Waals surface area (Å²) in [5.41, 5.74) is 2.50. The summed E-state index contributed by atoms with van der Waals surface area (Å²) in [6.45, 7) is 0.305. The molecule has 4 nitrogen and oxygen atoms in total. The van der Waals surface area contributed by atoms with Gasteiger partial charge in [0.15, 0.2) is 5.70 Å². The quantitative estimate of drug-likeness (QED) is 0.127. The first-order chi connectivity index (χ1) is 22.7. The normalized spacial score (nSPS) is 11.7. The third kappa shape index (κ3) is 6.44. The lowest BCUT2D eigenvalue weighted by Crippen LogP contribution is -2.39. The van der Waals surface area contributed by atoms with Crippen LogP contribution in [0.5, 0.6) is 0 Å². The Morgan fingerprint density at radius 1 is 0.457 bits per heavy atom. The fraction of sp³-hybridized carbons (Fsp3) is 0.0244. The fourth-order valence-corrected chi connectivity index (χ4v) is 10.3. The Labute approximate surface area is 270 Å². The van der Waals surface area contributed by atoms with Gasteiger partial charge in [0, 0.05) is 17.7 Å². The van der Waals surface area contributed by atoms with E-state index in [2.05, 4.69) is 47.0 Å². The van der Waals surface area contributed by atoms with Gasteiger partial charge in [-0.3, -0.25) is 9.59 Å². The second kappa shape index (κ2) is 14.5. The van der Waals surface area contributed by atoms with Crippen LogP contribution in [0.3, 0.4) is 0 Å². The standard InChI is InChI=1S/C41H33N2O2P/c44-40(34-23-11-3-12-24-34)43-38(41(45)42-31-32-19-7-1-8-20-32)39(33-21-9-2-10-22-33)46(35-25-13-4-14-26-35,36-27-15-5-16-28-36)37-29-17-6-18-30-37/h1-30H,31H2,(H-,42,43,44,45)/p+1/b39-38-. The maximum absolute atomic E-state index is 14.7. The molecule has 0 fully saturated rings. The molecule has 0 aromatic heterocycles. The summed E-state index contributed by atoms with van der Waals surface area (Å²) in [6.07, 6.45) is 0. The summed E-state index contributed by atoms with van der Waals surface area (Å²) < 4.78 is 0. The molecule has 0 unspecified atom stereocenters. The number of rotatable bonds is 10. The third-order valence-corrected chi connectivity index (χ3v) is 12.2. The Hall–Kier alpha value is -5.57. The number of nitrogens with one attached hydrogen (secondary N) is 2. The molecule has 0 radical (unpaired) electrons. The van der Waals surface area contributed by atoms with Crippen LogP contribution in [-0.4, -0.2) is 11.8 Å². The van der Waals surface area contributed by atoms with E-state index in [-0.39, 0.29) is 17.5 Å². The van der Waals surface area contributed by atoms with Gasteiger partial charge in [-0.05, 0) is 54.1 Å². The largest absolute Gasteiger partial charge is 0.347 e. The summed E-state index contributed by atoms with van der Waals surface area (Å²) in [7, 11) is -2.83. The molecule has 0 heterocycles. The van der Waals surface area contributed by atoms with Crippen LogP contribution >= 0.6 is 7.26 Å². The van der Waals surface area contributed by atoms with Crippen molar-refractivity contribution >= 4 is 40.3 Å². The molecule has 5 heteroatoms. The van der Waals surface area contributed by atoms with Crippen molar-refractivity contribution < 1.29 is 9.59 Å². The predicted molar refractivity (Wildman–Crippen MR) is 191 cm³/mol. The van der Waals surface area contributed by atoms with Gasteiger partial charge in [0.2, 0.25) is 0 Å². The minimum atomic E-state index is -2.83. The molecular formula is C41H34N2O2P+. The zero-order valence-corrected chi connectivity index (χ0v) is 26.2. The van der Waals surface area contributed by atoms with E-state index in [1.807, 2.05) is 133 Å². The molecule has 6 aromatic carbocycles. The maximum atomic E-state index is 14.7. The second-order valence-electron chi connectivity index (χ2n) is 10.8. The van der Waals surface area contributed by atoms with E-state index in [0.29, 0.717) is 12.1 Å². The molecule has 0 aliphatic carbocycles. The van der Waals surface area contributed by atoms with Crippen LogP contribution in [0.25, 0.3) is 5.31 Å². The van der Waals surface area contributed by atoms with E-state index in [9.17, 15) is 9.59 Å². The Morgan fingerprint density at radius 3 is 1.26 bits per heavy atom. The van der Waals surface area contributed by atoms with Gasteiger partial charge in [-0.2, -0.15) is 0 Å². The second-order valence-corrected chi connectivity index (χ2v) is 14.1. The first-order valence-electron chi connectivity index (χ1n) is 15.2. The number of carbonyl (C=O) groups excluding carboxylic acids is 2. The van der Waals surface area contributed by atoms with E-state index >= 15 is 0 Å². The Balaban J connectivity index is 1.70. The summed E-state index contributed by atoms with van der Waals surface area (Å²) in [6, 6.07) is 59.8. The molecule has 2 amide bonds. The number of hydrogen-bond acceptors (Lipinski definition) is 2. The van der Waals surface area contributed by atoms with Crippen molar-refractivity contribution in [3.05, 3.63) is 204 Å². The minimum Gasteiger partial charge on any atom is -0.347 e. The number of amides is 2. The SMILES string of the molecule is O=C(NCc1ccccc1)/C(NC(=O)c1ccccc1)=C(\c1ccccc1)[P+](c1ccccc1)(c1ccccc1)c1ccccc1. The highest BCUT2D eigenvalue weighted by atomic mass is 31.2. The average Bonchev–Trinajstić information content (AvgIpc) is 3.14. The van der Waals surface area contributed by atoms with Crippen LogP contribution in [0.15, 0.2) is 188 Å². The summed E-state index contributed by atoms with van der Waals surface area (Å²) in [5, 5.41) is 10.2. The lowest BCUT2D eigenvalue weighted by molar-refractivity contribution is -0.117. The lowest BCUT2D eigenvalue weighted by atomic mass is 10.1. The van der Waals surface area contributed by atoms with Crippen LogP contribution in [0, 0.1) is 0 Å². The van der Waals surface area contributed by atoms with Gasteiger partial charge in [0.05, 0.1) is 0 Å². The molecule has 0 aliphatic rings. The van der Waals surface area contributed by atoms with E-state index in [1.54, 1.807) is 12.1 Å². The Bertz CT molecular complexity index is 1820. The highest BCUT2D eigenvalue weighted by molar-refractivity contribution is 8.03. The van der Waals surface area contributed by atoms with Gasteiger partial charge in [-0.15, -0.1) is 0 Å². The highest BCUT2D eigenvalue weighted by Gasteiger charge is 2.52. The molecule has 2 N–H and O–H groups in total. The summed E-state index contributed by atoms with van der Waals surface area (Å²) >= 11 is 0. The average molecular weight is 618 g/mol. The molecule has 0 saturated carbocycles. The molecule has 0 atom stereocenters. The number of hydrogen-bond donors (Lipinski definition) is 2. The molecular weight excluding hydrogens is 583 g/mol. The predicted octanol–water partition coefficient (Wildman–Crippen LogP) is 7.10. The number of carbonyl (C=O) groups is 2. The molecule has 0 bridgehead atoms. The zero-order valence-electron chi connectivity index (χ0n) is 25.3. The topological polar surface area (TPSA) is 58.2 Å². The van der Waals surface area contributed by atoms with Crippen LogP contribution < -0.4 is 26.5 Å². The van der Waals surface area contributed by atoms with Gasteiger partial charge in [0.25, 0.3) is 11.8 Å². The van der Waals surface area contributed by atoms with Crippen molar-refractivity contribution in [3.63, 3.8) is 0 Å². The van der Waals surface area contributed by atoms with Gasteiger partial charge < -0.3 is 10.6 Å². The van der Waals surface area contributed by atoms with Crippen molar-refractivity contribution in [2.75, 3.05) is 0 Å². The summed E-state index contributed by atoms with van der Waals surface area (Å²) in [5.74, 6) is -0.717. The van der Waals surface area contributed by atoms with Crippen molar-refractivity contribution in [1.29, 1.82) is 0 Å². The van der Waals surface area contributed by atoms with Crippen molar-refractivity contribution in [2.24, 2.45) is 0 Å². The van der Waals surface area contributed by atoms with E-state index < -0.39 is 7.26 Å². The fourth-order valence-electron chi connectivity index (χ4n) is 5.76. The maximum Gasteiger partial charge on any atom is 0.272 e. The first kappa shape index (κ1) is 30.5. The van der Waals surface area contributed by atoms with Gasteiger partial charge in [0.1, 0.15) is 28.5 Å². The van der Waals surface area contributed by atoms with Crippen molar-refractivity contribution in [3.8, 4) is 0 Å².